The highest BCUT2D eigenvalue weighted by Gasteiger charge is 2.52. The lowest BCUT2D eigenvalue weighted by molar-refractivity contribution is 0.00578. The quantitative estimate of drug-likeness (QED) is 0.571. The monoisotopic (exact) mass is 434 g/mol. The van der Waals surface area contributed by atoms with Crippen LogP contribution in [0.1, 0.15) is 38.8 Å². The summed E-state index contributed by atoms with van der Waals surface area (Å²) in [4.78, 5) is 16.7. The average molecular weight is 434 g/mol. The van der Waals surface area contributed by atoms with Crippen molar-refractivity contribution in [3.63, 3.8) is 0 Å². The van der Waals surface area contributed by atoms with E-state index in [0.29, 0.717) is 0 Å². The number of rotatable bonds is 6. The highest BCUT2D eigenvalue weighted by atomic mass is 16.7. The molecule has 4 rings (SSSR count). The molecule has 1 amide bonds. The number of pyridine rings is 1. The van der Waals surface area contributed by atoms with Crippen LogP contribution in [0.4, 0.5) is 4.79 Å². The second kappa shape index (κ2) is 8.76. The van der Waals surface area contributed by atoms with Crippen LogP contribution < -0.4 is 5.32 Å². The van der Waals surface area contributed by atoms with E-state index in [-0.39, 0.29) is 13.2 Å². The van der Waals surface area contributed by atoms with Gasteiger partial charge >= 0.3 is 13.2 Å². The van der Waals surface area contributed by atoms with E-state index in [1.54, 1.807) is 12.4 Å². The molecule has 3 heterocycles. The standard InChI is InChI=1S/C23H27BN4O4/c1-22(2)23(3,4)32-24(31-22)18(10-17-11-19-20(25-12-17)14-27-28-19)13-26-21(29)30-15-16-8-6-5-7-9-16/h5-12,14H,13,15H2,1-4H3,(H,26,29)(H,27,28). The molecule has 32 heavy (non-hydrogen) atoms. The van der Waals surface area contributed by atoms with Crippen LogP contribution in [0, 0.1) is 0 Å². The molecule has 3 aromatic rings. The van der Waals surface area contributed by atoms with Crippen molar-refractivity contribution in [3.8, 4) is 0 Å². The van der Waals surface area contributed by atoms with E-state index in [9.17, 15) is 4.79 Å². The summed E-state index contributed by atoms with van der Waals surface area (Å²) in [5.41, 5.74) is 3.10. The van der Waals surface area contributed by atoms with Gasteiger partial charge in [0.2, 0.25) is 0 Å². The Bertz CT molecular complexity index is 1110. The lowest BCUT2D eigenvalue weighted by Gasteiger charge is -2.32. The zero-order valence-electron chi connectivity index (χ0n) is 18.7. The zero-order valence-corrected chi connectivity index (χ0v) is 18.7. The topological polar surface area (TPSA) is 98.4 Å². The van der Waals surface area contributed by atoms with E-state index in [2.05, 4.69) is 20.5 Å². The molecule has 1 aromatic carbocycles. The van der Waals surface area contributed by atoms with Gasteiger partial charge in [-0.2, -0.15) is 5.10 Å². The third-order valence-electron chi connectivity index (χ3n) is 5.87. The van der Waals surface area contributed by atoms with Gasteiger partial charge in [-0.15, -0.1) is 0 Å². The predicted molar refractivity (Wildman–Crippen MR) is 123 cm³/mol. The first-order valence-electron chi connectivity index (χ1n) is 10.5. The number of benzene rings is 1. The zero-order chi connectivity index (χ0) is 22.8. The number of hydrogen-bond donors (Lipinski definition) is 2. The lowest BCUT2D eigenvalue weighted by Crippen LogP contribution is -2.41. The summed E-state index contributed by atoms with van der Waals surface area (Å²) < 4.78 is 17.8. The van der Waals surface area contributed by atoms with Crippen LogP contribution in [0.15, 0.2) is 54.3 Å². The van der Waals surface area contributed by atoms with E-state index in [1.807, 2.05) is 70.2 Å². The van der Waals surface area contributed by atoms with E-state index in [1.165, 1.54) is 0 Å². The van der Waals surface area contributed by atoms with E-state index in [4.69, 9.17) is 14.0 Å². The fourth-order valence-electron chi connectivity index (χ4n) is 3.29. The number of aromatic nitrogens is 3. The molecule has 9 heteroatoms. The van der Waals surface area contributed by atoms with Gasteiger partial charge in [0.25, 0.3) is 0 Å². The molecule has 0 spiro atoms. The third kappa shape index (κ3) is 4.84. The number of hydrogen-bond acceptors (Lipinski definition) is 6. The highest BCUT2D eigenvalue weighted by Crippen LogP contribution is 2.38. The number of amides is 1. The predicted octanol–water partition coefficient (Wildman–Crippen LogP) is 3.90. The van der Waals surface area contributed by atoms with Crippen LogP contribution in [0.25, 0.3) is 17.1 Å². The normalized spacial score (nSPS) is 17.5. The van der Waals surface area contributed by atoms with Crippen LogP contribution in [0.5, 0.6) is 0 Å². The minimum Gasteiger partial charge on any atom is -0.445 e. The molecule has 166 valence electrons. The molecule has 0 bridgehead atoms. The second-order valence-corrected chi connectivity index (χ2v) is 8.79. The number of alkyl carbamates (subject to hydrolysis) is 1. The first-order valence-corrected chi connectivity index (χ1v) is 10.5. The number of H-pyrrole nitrogens is 1. The first kappa shape index (κ1) is 22.0. The smallest absolute Gasteiger partial charge is 0.445 e. The summed E-state index contributed by atoms with van der Waals surface area (Å²) >= 11 is 0. The summed E-state index contributed by atoms with van der Waals surface area (Å²) in [5, 5.41) is 9.74. The lowest BCUT2D eigenvalue weighted by atomic mass is 9.77. The Kier molecular flexibility index (Phi) is 6.03. The second-order valence-electron chi connectivity index (χ2n) is 8.79. The Morgan fingerprint density at radius 3 is 2.59 bits per heavy atom. The molecule has 2 N–H and O–H groups in total. The molecule has 1 aliphatic heterocycles. The molecular weight excluding hydrogens is 407 g/mol. The number of carbonyl (C=O) groups is 1. The molecule has 1 aliphatic rings. The van der Waals surface area contributed by atoms with Gasteiger partial charge < -0.3 is 19.4 Å². The van der Waals surface area contributed by atoms with Crippen molar-refractivity contribution in [2.24, 2.45) is 0 Å². The van der Waals surface area contributed by atoms with Crippen LogP contribution in [-0.2, 0) is 20.7 Å². The van der Waals surface area contributed by atoms with Crippen molar-refractivity contribution >= 4 is 30.3 Å². The van der Waals surface area contributed by atoms with Gasteiger partial charge in [0.1, 0.15) is 12.1 Å². The maximum Gasteiger partial charge on any atom is 0.492 e. The summed E-state index contributed by atoms with van der Waals surface area (Å²) in [5.74, 6) is 0. The molecule has 0 radical (unpaired) electrons. The minimum atomic E-state index is -0.619. The molecular formula is C23H27BN4O4. The number of carbonyl (C=O) groups excluding carboxylic acids is 1. The number of nitrogens with zero attached hydrogens (tertiary/aromatic N) is 2. The van der Waals surface area contributed by atoms with Gasteiger partial charge in [-0.25, -0.2) is 4.79 Å². The molecule has 2 aromatic heterocycles. The van der Waals surface area contributed by atoms with Gasteiger partial charge in [-0.05, 0) is 50.4 Å². The summed E-state index contributed by atoms with van der Waals surface area (Å²) in [6.45, 7) is 8.36. The molecule has 1 saturated heterocycles. The van der Waals surface area contributed by atoms with Crippen molar-refractivity contribution in [2.75, 3.05) is 6.54 Å². The number of aromatic amines is 1. The molecule has 0 unspecified atom stereocenters. The highest BCUT2D eigenvalue weighted by molar-refractivity contribution is 6.56. The largest absolute Gasteiger partial charge is 0.492 e. The first-order chi connectivity index (χ1) is 15.2. The van der Waals surface area contributed by atoms with Crippen LogP contribution >= 0.6 is 0 Å². The van der Waals surface area contributed by atoms with Gasteiger partial charge in [-0.3, -0.25) is 10.1 Å². The number of ether oxygens (including phenoxy) is 1. The van der Waals surface area contributed by atoms with Gasteiger partial charge in [0.15, 0.2) is 0 Å². The van der Waals surface area contributed by atoms with Gasteiger partial charge in [0.05, 0.1) is 22.9 Å². The van der Waals surface area contributed by atoms with E-state index < -0.39 is 24.4 Å². The Morgan fingerprint density at radius 1 is 1.16 bits per heavy atom. The minimum absolute atomic E-state index is 0.197. The fourth-order valence-corrected chi connectivity index (χ4v) is 3.29. The van der Waals surface area contributed by atoms with Gasteiger partial charge in [0, 0.05) is 12.7 Å². The van der Waals surface area contributed by atoms with Crippen molar-refractivity contribution < 1.29 is 18.8 Å². The fraction of sp³-hybridized carbons (Fsp3) is 0.348. The maximum absolute atomic E-state index is 12.3. The van der Waals surface area contributed by atoms with E-state index in [0.717, 1.165) is 27.6 Å². The van der Waals surface area contributed by atoms with Crippen molar-refractivity contribution in [1.29, 1.82) is 0 Å². The Hall–Kier alpha value is -3.17. The van der Waals surface area contributed by atoms with Crippen LogP contribution in [-0.4, -0.2) is 46.1 Å². The van der Waals surface area contributed by atoms with E-state index >= 15 is 0 Å². The molecule has 0 atom stereocenters. The van der Waals surface area contributed by atoms with Crippen LogP contribution in [0.2, 0.25) is 0 Å². The Balaban J connectivity index is 1.50. The molecule has 0 aliphatic carbocycles. The third-order valence-corrected chi connectivity index (χ3v) is 5.87. The van der Waals surface area contributed by atoms with Crippen molar-refractivity contribution in [1.82, 2.24) is 20.5 Å². The Labute approximate surface area is 187 Å². The summed E-state index contributed by atoms with van der Waals surface area (Å²) in [7, 11) is -0.619. The van der Waals surface area contributed by atoms with Crippen LogP contribution in [0.3, 0.4) is 0 Å². The Morgan fingerprint density at radius 2 is 1.88 bits per heavy atom. The average Bonchev–Trinajstić information content (AvgIpc) is 3.31. The number of fused-ring (bicyclic) bond motifs is 1. The molecule has 8 nitrogen and oxygen atoms in total. The SMILES string of the molecule is CC1(C)OB(C(=Cc2cnc3cn[nH]c3c2)CNC(=O)OCc2ccccc2)OC1(C)C. The summed E-state index contributed by atoms with van der Waals surface area (Å²) in [6.07, 6.45) is 4.81. The van der Waals surface area contributed by atoms with Crippen molar-refractivity contribution in [3.05, 3.63) is 65.4 Å². The molecule has 0 saturated carbocycles. The summed E-state index contributed by atoms with van der Waals surface area (Å²) in [6, 6.07) is 11.5. The number of nitrogens with one attached hydrogen (secondary N) is 2. The van der Waals surface area contributed by atoms with Gasteiger partial charge in [-0.1, -0.05) is 36.4 Å². The maximum atomic E-state index is 12.3. The van der Waals surface area contributed by atoms with Crippen molar-refractivity contribution in [2.45, 2.75) is 45.5 Å². The molecule has 1 fully saturated rings.